The first-order valence-corrected chi connectivity index (χ1v) is 15.7. The van der Waals surface area contributed by atoms with Gasteiger partial charge in [0.1, 0.15) is 6.04 Å². The van der Waals surface area contributed by atoms with Crippen LogP contribution in [0.1, 0.15) is 25.7 Å². The van der Waals surface area contributed by atoms with Crippen molar-refractivity contribution >= 4 is 73.6 Å². The van der Waals surface area contributed by atoms with E-state index < -0.39 is 28.1 Å². The van der Waals surface area contributed by atoms with E-state index in [0.29, 0.717) is 11.3 Å². The smallest absolute Gasteiger partial charge is 0.324 e. The Hall–Kier alpha value is -2.84. The van der Waals surface area contributed by atoms with Crippen LogP contribution >= 0.6 is 45.9 Å². The second-order valence-electron chi connectivity index (χ2n) is 8.46. The van der Waals surface area contributed by atoms with Gasteiger partial charge < -0.3 is 10.1 Å². The zero-order valence-electron chi connectivity index (χ0n) is 21.0. The first-order valence-electron chi connectivity index (χ1n) is 11.8. The molecule has 0 saturated heterocycles. The van der Waals surface area contributed by atoms with E-state index in [1.165, 1.54) is 46.5 Å². The first-order chi connectivity index (χ1) is 19.2. The fraction of sp³-hybridized carbons (Fsp3) is 0.192. The third-order valence-electron chi connectivity index (χ3n) is 5.67. The number of aromatic nitrogens is 1. The number of nitrogens with zero attached hydrogens (tertiary/aromatic N) is 2. The molecule has 40 heavy (non-hydrogen) atoms. The van der Waals surface area contributed by atoms with Crippen LogP contribution in [0.15, 0.2) is 71.7 Å². The fourth-order valence-electron chi connectivity index (χ4n) is 3.73. The second-order valence-corrected chi connectivity index (χ2v) is 13.0. The molecule has 1 amide bonds. The highest BCUT2D eigenvalue weighted by molar-refractivity contribution is 7.87. The van der Waals surface area contributed by atoms with E-state index in [1.807, 2.05) is 35.0 Å². The summed E-state index contributed by atoms with van der Waals surface area (Å²) in [6, 6.07) is 12.8. The predicted octanol–water partition coefficient (Wildman–Crippen LogP) is 5.38. The molecule has 4 aromatic rings. The summed E-state index contributed by atoms with van der Waals surface area (Å²) in [6.45, 7) is 0.303. The van der Waals surface area contributed by atoms with E-state index in [9.17, 15) is 18.0 Å². The van der Waals surface area contributed by atoms with Crippen molar-refractivity contribution in [1.29, 1.82) is 0 Å². The van der Waals surface area contributed by atoms with E-state index in [0.717, 1.165) is 9.75 Å². The van der Waals surface area contributed by atoms with Gasteiger partial charge in [-0.25, -0.2) is 0 Å². The molecule has 2 N–H and O–H groups in total. The quantitative estimate of drug-likeness (QED) is 0.201. The summed E-state index contributed by atoms with van der Waals surface area (Å²) in [5.74, 6) is -1.24. The van der Waals surface area contributed by atoms with Gasteiger partial charge in [-0.05, 0) is 47.0 Å². The summed E-state index contributed by atoms with van der Waals surface area (Å²) in [5.41, 5.74) is 1.18. The minimum absolute atomic E-state index is 0.0218. The number of benzene rings is 1. The largest absolute Gasteiger partial charge is 0.468 e. The Labute approximate surface area is 249 Å². The van der Waals surface area contributed by atoms with E-state index >= 15 is 0 Å². The van der Waals surface area contributed by atoms with Crippen LogP contribution in [0.5, 0.6) is 0 Å². The lowest BCUT2D eigenvalue weighted by molar-refractivity contribution is -0.142. The molecule has 14 heteroatoms. The van der Waals surface area contributed by atoms with Crippen LogP contribution in [0, 0.1) is 0 Å². The third kappa shape index (κ3) is 7.88. The zero-order valence-corrected chi connectivity index (χ0v) is 25.0. The number of thiophene rings is 2. The van der Waals surface area contributed by atoms with Crippen LogP contribution in [-0.2, 0) is 39.3 Å². The van der Waals surface area contributed by atoms with Gasteiger partial charge in [-0.1, -0.05) is 47.5 Å². The van der Waals surface area contributed by atoms with Crippen molar-refractivity contribution in [2.75, 3.05) is 12.4 Å². The highest BCUT2D eigenvalue weighted by Crippen LogP contribution is 2.25. The topological polar surface area (TPSA) is 118 Å². The summed E-state index contributed by atoms with van der Waals surface area (Å²) in [7, 11) is -2.90. The number of hydrogen-bond acceptors (Lipinski definition) is 8. The number of halogens is 2. The zero-order chi connectivity index (χ0) is 28.7. The molecule has 210 valence electrons. The molecule has 1 aromatic carbocycles. The lowest BCUT2D eigenvalue weighted by atomic mass is 10.1. The standard InChI is InChI=1S/C26H24Cl2N4O5S3/c1-37-26(34)23(31-40(35,36)32(15-19-4-2-10-38-19)16-20-5-3-11-39-20)12-17-6-8-18(9-7-17)30-25(33)24-21(27)13-29-14-22(24)28/h2-11,13-14,23,31H,12,15-16H2,1H3,(H,30,33). The number of amides is 1. The molecule has 1 unspecified atom stereocenters. The number of hydrogen-bond donors (Lipinski definition) is 2. The first kappa shape index (κ1) is 30.1. The normalized spacial score (nSPS) is 12.3. The molecule has 4 rings (SSSR count). The summed E-state index contributed by atoms with van der Waals surface area (Å²) in [6.07, 6.45) is 2.66. The van der Waals surface area contributed by atoms with E-state index in [4.69, 9.17) is 27.9 Å². The van der Waals surface area contributed by atoms with Crippen molar-refractivity contribution in [3.05, 3.63) is 103 Å². The fourth-order valence-corrected chi connectivity index (χ4v) is 7.17. The number of carbonyl (C=O) groups excluding carboxylic acids is 2. The molecule has 0 radical (unpaired) electrons. The maximum Gasteiger partial charge on any atom is 0.324 e. The van der Waals surface area contributed by atoms with Gasteiger partial charge in [-0.3, -0.25) is 14.6 Å². The van der Waals surface area contributed by atoms with Crippen molar-refractivity contribution < 1.29 is 22.7 Å². The maximum absolute atomic E-state index is 13.5. The predicted molar refractivity (Wildman–Crippen MR) is 158 cm³/mol. The molecule has 0 fully saturated rings. The molecule has 0 spiro atoms. The Kier molecular flexibility index (Phi) is 10.3. The number of ether oxygens (including phenoxy) is 1. The minimum atomic E-state index is -4.10. The van der Waals surface area contributed by atoms with Gasteiger partial charge in [0.15, 0.2) is 0 Å². The van der Waals surface area contributed by atoms with Crippen molar-refractivity contribution in [2.45, 2.75) is 25.6 Å². The summed E-state index contributed by atoms with van der Waals surface area (Å²) in [4.78, 5) is 30.8. The van der Waals surface area contributed by atoms with E-state index in [2.05, 4.69) is 15.0 Å². The number of esters is 1. The van der Waals surface area contributed by atoms with Crippen LogP contribution in [0.25, 0.3) is 0 Å². The number of pyridine rings is 1. The number of nitrogens with one attached hydrogen (secondary N) is 2. The van der Waals surface area contributed by atoms with Gasteiger partial charge in [0.05, 0.1) is 22.7 Å². The Morgan fingerprint density at radius 1 is 0.975 bits per heavy atom. The van der Waals surface area contributed by atoms with E-state index in [-0.39, 0.29) is 35.1 Å². The van der Waals surface area contributed by atoms with Gasteiger partial charge in [0.25, 0.3) is 16.1 Å². The average molecular weight is 640 g/mol. The van der Waals surface area contributed by atoms with Crippen LogP contribution in [0.4, 0.5) is 5.69 Å². The summed E-state index contributed by atoms with van der Waals surface area (Å²) in [5, 5.41) is 6.69. The Bertz CT molecular complexity index is 1490. The lowest BCUT2D eigenvalue weighted by Gasteiger charge is -2.24. The van der Waals surface area contributed by atoms with Crippen molar-refractivity contribution in [1.82, 2.24) is 14.0 Å². The van der Waals surface area contributed by atoms with E-state index in [1.54, 1.807) is 24.3 Å². The van der Waals surface area contributed by atoms with Gasteiger partial charge in [-0.2, -0.15) is 17.4 Å². The van der Waals surface area contributed by atoms with Crippen molar-refractivity contribution in [3.8, 4) is 0 Å². The minimum Gasteiger partial charge on any atom is -0.468 e. The van der Waals surface area contributed by atoms with Crippen LogP contribution in [0.3, 0.4) is 0 Å². The van der Waals surface area contributed by atoms with Crippen LogP contribution in [0.2, 0.25) is 10.0 Å². The molecular formula is C26H24Cl2N4O5S3. The number of carbonyl (C=O) groups is 2. The summed E-state index contributed by atoms with van der Waals surface area (Å²) < 4.78 is 35.8. The average Bonchev–Trinajstić information content (AvgIpc) is 3.63. The van der Waals surface area contributed by atoms with Crippen LogP contribution < -0.4 is 10.0 Å². The van der Waals surface area contributed by atoms with Gasteiger partial charge in [0.2, 0.25) is 0 Å². The van der Waals surface area contributed by atoms with Gasteiger partial charge in [0, 0.05) is 40.9 Å². The second kappa shape index (κ2) is 13.7. The number of anilines is 1. The molecule has 0 aliphatic rings. The molecule has 1 atom stereocenters. The highest BCUT2D eigenvalue weighted by Gasteiger charge is 2.31. The van der Waals surface area contributed by atoms with Gasteiger partial charge >= 0.3 is 5.97 Å². The molecule has 0 bridgehead atoms. The highest BCUT2D eigenvalue weighted by atomic mass is 35.5. The molecule has 0 aliphatic heterocycles. The maximum atomic E-state index is 13.5. The lowest BCUT2D eigenvalue weighted by Crippen LogP contribution is -2.49. The molecule has 3 aromatic heterocycles. The van der Waals surface area contributed by atoms with Crippen molar-refractivity contribution in [2.24, 2.45) is 0 Å². The SMILES string of the molecule is COC(=O)C(Cc1ccc(NC(=O)c2c(Cl)cncc2Cl)cc1)NS(=O)(=O)N(Cc1cccs1)Cc1cccs1. The number of methoxy groups -OCH3 is 1. The molecule has 0 saturated carbocycles. The third-order valence-corrected chi connectivity index (χ3v) is 9.49. The molecule has 0 aliphatic carbocycles. The van der Waals surface area contributed by atoms with Crippen molar-refractivity contribution in [3.63, 3.8) is 0 Å². The van der Waals surface area contributed by atoms with Crippen LogP contribution in [-0.4, -0.2) is 42.7 Å². The Morgan fingerprint density at radius 3 is 2.05 bits per heavy atom. The molecule has 3 heterocycles. The number of rotatable bonds is 12. The Morgan fingerprint density at radius 2 is 1.55 bits per heavy atom. The molecule has 9 nitrogen and oxygen atoms in total. The molecular weight excluding hydrogens is 615 g/mol. The van der Waals surface area contributed by atoms with Gasteiger partial charge in [-0.15, -0.1) is 22.7 Å². The monoisotopic (exact) mass is 638 g/mol. The Balaban J connectivity index is 1.48. The summed E-state index contributed by atoms with van der Waals surface area (Å²) >= 11 is 15.0.